The van der Waals surface area contributed by atoms with Gasteiger partial charge in [0.1, 0.15) is 0 Å². The third-order valence-corrected chi connectivity index (χ3v) is 3.35. The molecule has 1 amide bonds. The fourth-order valence-corrected chi connectivity index (χ4v) is 2.05. The molecule has 1 atom stereocenters. The van der Waals surface area contributed by atoms with Crippen LogP contribution in [-0.2, 0) is 0 Å². The van der Waals surface area contributed by atoms with Gasteiger partial charge in [0.15, 0.2) is 5.69 Å². The van der Waals surface area contributed by atoms with Crippen LogP contribution in [0.4, 0.5) is 0 Å². The van der Waals surface area contributed by atoms with Crippen molar-refractivity contribution >= 4 is 5.91 Å². The molecule has 7 heteroatoms. The number of aliphatic hydroxyl groups is 1. The molecular formula is C12H21N5O2. The first-order chi connectivity index (χ1) is 9.20. The van der Waals surface area contributed by atoms with E-state index >= 15 is 0 Å². The van der Waals surface area contributed by atoms with E-state index in [1.54, 1.807) is 10.9 Å². The fourth-order valence-electron chi connectivity index (χ4n) is 2.05. The summed E-state index contributed by atoms with van der Waals surface area (Å²) in [6.07, 6.45) is 3.72. The molecule has 0 saturated carbocycles. The second-order valence-corrected chi connectivity index (χ2v) is 5.06. The lowest BCUT2D eigenvalue weighted by Gasteiger charge is -2.22. The van der Waals surface area contributed by atoms with Crippen LogP contribution in [0.15, 0.2) is 6.20 Å². The standard InChI is InChI=1S/C12H21N5O2/c1-9(8-18)6-14-12(19)11-7-17(16-15-11)10-2-4-13-5-3-10/h7,9-10,13,18H,2-6,8H2,1H3,(H,14,19). The SMILES string of the molecule is CC(CO)CNC(=O)c1cn(C2CCNCC2)nn1. The van der Waals surface area contributed by atoms with Crippen molar-refractivity contribution in [3.8, 4) is 0 Å². The maximum atomic E-state index is 11.8. The van der Waals surface area contributed by atoms with Crippen molar-refractivity contribution in [1.82, 2.24) is 25.6 Å². The quantitative estimate of drug-likeness (QED) is 0.673. The summed E-state index contributed by atoms with van der Waals surface area (Å²) < 4.78 is 1.78. The summed E-state index contributed by atoms with van der Waals surface area (Å²) in [7, 11) is 0. The Balaban J connectivity index is 1.90. The van der Waals surface area contributed by atoms with Gasteiger partial charge in [-0.15, -0.1) is 5.10 Å². The molecule has 0 radical (unpaired) electrons. The summed E-state index contributed by atoms with van der Waals surface area (Å²) in [6, 6.07) is 0.326. The first-order valence-electron chi connectivity index (χ1n) is 6.72. The van der Waals surface area contributed by atoms with E-state index < -0.39 is 0 Å². The molecule has 2 rings (SSSR count). The number of nitrogens with one attached hydrogen (secondary N) is 2. The van der Waals surface area contributed by atoms with E-state index in [0.717, 1.165) is 25.9 Å². The van der Waals surface area contributed by atoms with Gasteiger partial charge in [-0.25, -0.2) is 4.68 Å². The molecule has 3 N–H and O–H groups in total. The highest BCUT2D eigenvalue weighted by Gasteiger charge is 2.18. The molecule has 19 heavy (non-hydrogen) atoms. The molecule has 1 unspecified atom stereocenters. The highest BCUT2D eigenvalue weighted by Crippen LogP contribution is 2.16. The van der Waals surface area contributed by atoms with Gasteiger partial charge in [0.2, 0.25) is 0 Å². The van der Waals surface area contributed by atoms with E-state index in [2.05, 4.69) is 20.9 Å². The Kier molecular flexibility index (Phi) is 4.86. The number of hydrogen-bond acceptors (Lipinski definition) is 5. The van der Waals surface area contributed by atoms with Crippen LogP contribution in [0.2, 0.25) is 0 Å². The van der Waals surface area contributed by atoms with E-state index in [1.165, 1.54) is 0 Å². The van der Waals surface area contributed by atoms with Gasteiger partial charge in [-0.05, 0) is 31.8 Å². The summed E-state index contributed by atoms with van der Waals surface area (Å²) in [6.45, 7) is 4.31. The summed E-state index contributed by atoms with van der Waals surface area (Å²) in [5.41, 5.74) is 0.337. The molecule has 0 spiro atoms. The number of rotatable bonds is 5. The zero-order valence-corrected chi connectivity index (χ0v) is 11.2. The maximum Gasteiger partial charge on any atom is 0.273 e. The molecule has 0 aliphatic carbocycles. The smallest absolute Gasteiger partial charge is 0.273 e. The summed E-state index contributed by atoms with van der Waals surface area (Å²) in [4.78, 5) is 11.8. The van der Waals surface area contributed by atoms with Gasteiger partial charge in [0, 0.05) is 13.2 Å². The highest BCUT2D eigenvalue weighted by atomic mass is 16.3. The van der Waals surface area contributed by atoms with Crippen LogP contribution in [0.3, 0.4) is 0 Å². The Hall–Kier alpha value is -1.47. The second-order valence-electron chi connectivity index (χ2n) is 5.06. The van der Waals surface area contributed by atoms with Crippen LogP contribution < -0.4 is 10.6 Å². The molecule has 1 fully saturated rings. The molecule has 0 bridgehead atoms. The van der Waals surface area contributed by atoms with Gasteiger partial charge < -0.3 is 15.7 Å². The van der Waals surface area contributed by atoms with Gasteiger partial charge in [-0.3, -0.25) is 4.79 Å². The summed E-state index contributed by atoms with van der Waals surface area (Å²) in [5.74, 6) is -0.191. The Morgan fingerprint density at radius 3 is 3.05 bits per heavy atom. The Labute approximate surface area is 112 Å². The van der Waals surface area contributed by atoms with Crippen LogP contribution in [0.5, 0.6) is 0 Å². The zero-order chi connectivity index (χ0) is 13.7. The summed E-state index contributed by atoms with van der Waals surface area (Å²) in [5, 5.41) is 22.9. The van der Waals surface area contributed by atoms with Gasteiger partial charge in [-0.1, -0.05) is 12.1 Å². The van der Waals surface area contributed by atoms with E-state index in [9.17, 15) is 4.79 Å². The molecule has 1 aliphatic rings. The highest BCUT2D eigenvalue weighted by molar-refractivity contribution is 5.91. The van der Waals surface area contributed by atoms with Crippen molar-refractivity contribution in [3.63, 3.8) is 0 Å². The largest absolute Gasteiger partial charge is 0.396 e. The van der Waals surface area contributed by atoms with Crippen LogP contribution in [0, 0.1) is 5.92 Å². The van der Waals surface area contributed by atoms with Crippen molar-refractivity contribution in [2.24, 2.45) is 5.92 Å². The summed E-state index contributed by atoms with van der Waals surface area (Å²) >= 11 is 0. The minimum atomic E-state index is -0.236. The van der Waals surface area contributed by atoms with Gasteiger partial charge in [-0.2, -0.15) is 0 Å². The molecule has 1 saturated heterocycles. The molecule has 1 aromatic rings. The number of amides is 1. The molecule has 1 aromatic heterocycles. The van der Waals surface area contributed by atoms with Crippen LogP contribution in [-0.4, -0.2) is 52.2 Å². The predicted octanol–water partition coefficient (Wildman–Crippen LogP) is -0.439. The van der Waals surface area contributed by atoms with Crippen LogP contribution >= 0.6 is 0 Å². The average Bonchev–Trinajstić information content (AvgIpc) is 2.95. The van der Waals surface area contributed by atoms with Crippen molar-refractivity contribution in [2.75, 3.05) is 26.2 Å². The van der Waals surface area contributed by atoms with Crippen molar-refractivity contribution < 1.29 is 9.90 Å². The lowest BCUT2D eigenvalue weighted by Crippen LogP contribution is -2.30. The fraction of sp³-hybridized carbons (Fsp3) is 0.750. The first-order valence-corrected chi connectivity index (χ1v) is 6.72. The minimum Gasteiger partial charge on any atom is -0.396 e. The van der Waals surface area contributed by atoms with Crippen LogP contribution in [0.25, 0.3) is 0 Å². The van der Waals surface area contributed by atoms with Crippen LogP contribution in [0.1, 0.15) is 36.3 Å². The van der Waals surface area contributed by atoms with Crippen molar-refractivity contribution in [2.45, 2.75) is 25.8 Å². The monoisotopic (exact) mass is 267 g/mol. The molecular weight excluding hydrogens is 246 g/mol. The van der Waals surface area contributed by atoms with E-state index in [-0.39, 0.29) is 18.4 Å². The second kappa shape index (κ2) is 6.63. The Morgan fingerprint density at radius 2 is 2.37 bits per heavy atom. The number of carbonyl (C=O) groups excluding carboxylic acids is 1. The lowest BCUT2D eigenvalue weighted by atomic mass is 10.1. The Bertz CT molecular complexity index is 414. The van der Waals surface area contributed by atoms with Gasteiger partial charge in [0.05, 0.1) is 12.2 Å². The van der Waals surface area contributed by atoms with E-state index in [4.69, 9.17) is 5.11 Å². The number of aliphatic hydroxyl groups excluding tert-OH is 1. The van der Waals surface area contributed by atoms with Gasteiger partial charge in [0.25, 0.3) is 5.91 Å². The number of hydrogen-bond donors (Lipinski definition) is 3. The third-order valence-electron chi connectivity index (χ3n) is 3.35. The number of piperidine rings is 1. The van der Waals surface area contributed by atoms with E-state index in [0.29, 0.717) is 18.3 Å². The first kappa shape index (κ1) is 14.0. The maximum absolute atomic E-state index is 11.8. The number of aromatic nitrogens is 3. The normalized spacial score (nSPS) is 18.2. The third kappa shape index (κ3) is 3.74. The zero-order valence-electron chi connectivity index (χ0n) is 11.2. The molecule has 1 aliphatic heterocycles. The number of nitrogens with zero attached hydrogens (tertiary/aromatic N) is 3. The topological polar surface area (TPSA) is 92.1 Å². The van der Waals surface area contributed by atoms with Crippen molar-refractivity contribution in [1.29, 1.82) is 0 Å². The predicted molar refractivity (Wildman–Crippen MR) is 69.7 cm³/mol. The average molecular weight is 267 g/mol. The lowest BCUT2D eigenvalue weighted by molar-refractivity contribution is 0.0937. The van der Waals surface area contributed by atoms with Crippen molar-refractivity contribution in [3.05, 3.63) is 11.9 Å². The molecule has 0 aromatic carbocycles. The van der Waals surface area contributed by atoms with E-state index in [1.807, 2.05) is 6.92 Å². The molecule has 7 nitrogen and oxygen atoms in total. The van der Waals surface area contributed by atoms with Gasteiger partial charge >= 0.3 is 0 Å². The minimum absolute atomic E-state index is 0.0448. The molecule has 106 valence electrons. The number of carbonyl (C=O) groups is 1. The molecule has 2 heterocycles. The Morgan fingerprint density at radius 1 is 1.63 bits per heavy atom.